The second-order valence-electron chi connectivity index (χ2n) is 7.23. The molecule has 30 heavy (non-hydrogen) atoms. The van der Waals surface area contributed by atoms with Crippen molar-refractivity contribution in [1.82, 2.24) is 4.31 Å². The van der Waals surface area contributed by atoms with Crippen molar-refractivity contribution in [3.05, 3.63) is 53.1 Å². The molecule has 0 N–H and O–H groups in total. The minimum atomic E-state index is -3.90. The molecule has 10 heteroatoms. The first-order valence-electron chi connectivity index (χ1n) is 9.65. The largest absolute Gasteiger partial charge is 0.490 e. The van der Waals surface area contributed by atoms with E-state index in [0.717, 1.165) is 0 Å². The molecule has 162 valence electrons. The number of rotatable bonds is 3. The quantitative estimate of drug-likeness (QED) is 0.683. The number of ether oxygens (including phenoxy) is 2. The van der Waals surface area contributed by atoms with E-state index in [2.05, 4.69) is 0 Å². The number of halogens is 1. The van der Waals surface area contributed by atoms with E-state index in [9.17, 15) is 16.8 Å². The molecule has 2 heterocycles. The fourth-order valence-electron chi connectivity index (χ4n) is 3.70. The van der Waals surface area contributed by atoms with Crippen molar-refractivity contribution in [2.75, 3.05) is 32.1 Å². The molecule has 1 atom stereocenters. The highest BCUT2D eigenvalue weighted by Gasteiger charge is 2.36. The Morgan fingerprint density at radius 1 is 1.00 bits per heavy atom. The van der Waals surface area contributed by atoms with Gasteiger partial charge in [0.15, 0.2) is 21.3 Å². The smallest absolute Gasteiger partial charge is 0.243 e. The first-order chi connectivity index (χ1) is 14.3. The fraction of sp³-hybridized carbons (Fsp3) is 0.400. The first kappa shape index (κ1) is 21.4. The summed E-state index contributed by atoms with van der Waals surface area (Å²) in [5.74, 6) is 0.612. The lowest BCUT2D eigenvalue weighted by molar-refractivity contribution is 0.296. The zero-order valence-corrected chi connectivity index (χ0v) is 18.5. The zero-order chi connectivity index (χ0) is 21.4. The predicted molar refractivity (Wildman–Crippen MR) is 113 cm³/mol. The van der Waals surface area contributed by atoms with Crippen molar-refractivity contribution in [2.24, 2.45) is 0 Å². The Hall–Kier alpha value is -1.81. The monoisotopic (exact) mass is 471 g/mol. The van der Waals surface area contributed by atoms with Gasteiger partial charge in [-0.3, -0.25) is 0 Å². The van der Waals surface area contributed by atoms with Gasteiger partial charge in [-0.2, -0.15) is 4.31 Å². The molecule has 2 aliphatic rings. The Morgan fingerprint density at radius 3 is 2.50 bits per heavy atom. The highest BCUT2D eigenvalue weighted by Crippen LogP contribution is 2.36. The number of sulfonamides is 1. The van der Waals surface area contributed by atoms with E-state index in [0.29, 0.717) is 41.7 Å². The SMILES string of the molecule is O=S1(=O)CCN(S(=O)(=O)c2ccc3c(c2)OCCCO3)CCC1c1ccccc1Cl. The molecule has 2 aromatic rings. The third kappa shape index (κ3) is 4.16. The fourth-order valence-corrected chi connectivity index (χ4v) is 7.44. The highest BCUT2D eigenvalue weighted by molar-refractivity contribution is 7.92. The molecule has 1 saturated heterocycles. The average molecular weight is 472 g/mol. The normalized spacial score (nSPS) is 22.1. The van der Waals surface area contributed by atoms with Crippen molar-refractivity contribution in [3.8, 4) is 11.5 Å². The van der Waals surface area contributed by atoms with Gasteiger partial charge in [0.05, 0.1) is 29.1 Å². The molecule has 2 aromatic carbocycles. The maximum Gasteiger partial charge on any atom is 0.243 e. The molecule has 0 aliphatic carbocycles. The predicted octanol–water partition coefficient (Wildman–Crippen LogP) is 3.05. The van der Waals surface area contributed by atoms with Crippen LogP contribution in [-0.4, -0.2) is 53.2 Å². The number of hydrogen-bond acceptors (Lipinski definition) is 6. The molecule has 7 nitrogen and oxygen atoms in total. The Morgan fingerprint density at radius 2 is 1.73 bits per heavy atom. The third-order valence-electron chi connectivity index (χ3n) is 5.31. The Balaban J connectivity index is 1.62. The molecule has 0 radical (unpaired) electrons. The standard InChI is InChI=1S/C20H22ClNO6S2/c21-17-5-2-1-4-16(17)20-8-9-22(10-13-29(20,23)24)30(25,26)15-6-7-18-19(14-15)28-12-3-11-27-18/h1-2,4-7,14,20H,3,8-13H2. The maximum atomic E-state index is 13.2. The molecule has 1 unspecified atom stereocenters. The van der Waals surface area contributed by atoms with Gasteiger partial charge in [-0.05, 0) is 30.2 Å². The molecular formula is C20H22ClNO6S2. The van der Waals surface area contributed by atoms with Crippen LogP contribution in [0.25, 0.3) is 0 Å². The van der Waals surface area contributed by atoms with Gasteiger partial charge < -0.3 is 9.47 Å². The van der Waals surface area contributed by atoms with E-state index < -0.39 is 25.1 Å². The van der Waals surface area contributed by atoms with E-state index in [4.69, 9.17) is 21.1 Å². The van der Waals surface area contributed by atoms with Crippen LogP contribution in [0.4, 0.5) is 0 Å². The van der Waals surface area contributed by atoms with E-state index >= 15 is 0 Å². The summed E-state index contributed by atoms with van der Waals surface area (Å²) in [5.41, 5.74) is 0.508. The number of sulfone groups is 1. The minimum absolute atomic E-state index is 0.0559. The number of benzene rings is 2. The molecule has 0 spiro atoms. The first-order valence-corrected chi connectivity index (χ1v) is 13.2. The summed E-state index contributed by atoms with van der Waals surface area (Å²) < 4.78 is 64.6. The van der Waals surface area contributed by atoms with E-state index in [1.54, 1.807) is 30.3 Å². The lowest BCUT2D eigenvalue weighted by atomic mass is 10.1. The minimum Gasteiger partial charge on any atom is -0.490 e. The maximum absolute atomic E-state index is 13.2. The van der Waals surface area contributed by atoms with Crippen LogP contribution in [0.2, 0.25) is 5.02 Å². The van der Waals surface area contributed by atoms with E-state index in [1.807, 2.05) is 0 Å². The molecule has 0 bridgehead atoms. The van der Waals surface area contributed by atoms with Gasteiger partial charge in [0.25, 0.3) is 0 Å². The summed E-state index contributed by atoms with van der Waals surface area (Å²) in [6.07, 6.45) is 0.847. The molecular weight excluding hydrogens is 450 g/mol. The van der Waals surface area contributed by atoms with Crippen LogP contribution in [0.1, 0.15) is 23.7 Å². The third-order valence-corrected chi connectivity index (χ3v) is 9.66. The van der Waals surface area contributed by atoms with Crippen LogP contribution < -0.4 is 9.47 Å². The molecule has 0 aromatic heterocycles. The second kappa shape index (κ2) is 8.37. The van der Waals surface area contributed by atoms with Gasteiger partial charge in [-0.25, -0.2) is 16.8 Å². The zero-order valence-electron chi connectivity index (χ0n) is 16.2. The average Bonchev–Trinajstić information content (AvgIpc) is 3.04. The summed E-state index contributed by atoms with van der Waals surface area (Å²) in [6, 6.07) is 11.3. The van der Waals surface area contributed by atoms with Gasteiger partial charge in [0.2, 0.25) is 10.0 Å². The molecule has 4 rings (SSSR count). The number of hydrogen-bond donors (Lipinski definition) is 0. The Kier molecular flexibility index (Phi) is 5.98. The summed E-state index contributed by atoms with van der Waals surface area (Å²) in [5, 5.41) is -0.472. The number of nitrogens with zero attached hydrogens (tertiary/aromatic N) is 1. The van der Waals surface area contributed by atoms with Crippen LogP contribution in [0.5, 0.6) is 11.5 Å². The summed E-state index contributed by atoms with van der Waals surface area (Å²) in [4.78, 5) is 0.0559. The van der Waals surface area contributed by atoms with Gasteiger partial charge in [-0.1, -0.05) is 29.8 Å². The van der Waals surface area contributed by atoms with Crippen molar-refractivity contribution >= 4 is 31.5 Å². The van der Waals surface area contributed by atoms with Crippen LogP contribution in [0.15, 0.2) is 47.4 Å². The van der Waals surface area contributed by atoms with E-state index in [1.165, 1.54) is 16.4 Å². The molecule has 1 fully saturated rings. The lowest BCUT2D eigenvalue weighted by Gasteiger charge is -2.20. The van der Waals surface area contributed by atoms with Gasteiger partial charge in [-0.15, -0.1) is 0 Å². The Labute approximate surface area is 181 Å². The highest BCUT2D eigenvalue weighted by atomic mass is 35.5. The topological polar surface area (TPSA) is 90.0 Å². The molecule has 2 aliphatic heterocycles. The van der Waals surface area contributed by atoms with Gasteiger partial charge in [0.1, 0.15) is 0 Å². The molecule has 0 amide bonds. The van der Waals surface area contributed by atoms with Gasteiger partial charge >= 0.3 is 0 Å². The van der Waals surface area contributed by atoms with Crippen molar-refractivity contribution in [1.29, 1.82) is 0 Å². The summed E-state index contributed by atoms with van der Waals surface area (Å²) in [6.45, 7) is 0.913. The van der Waals surface area contributed by atoms with Crippen molar-refractivity contribution in [3.63, 3.8) is 0 Å². The van der Waals surface area contributed by atoms with E-state index in [-0.39, 0.29) is 30.2 Å². The molecule has 0 saturated carbocycles. The summed E-state index contributed by atoms with van der Waals surface area (Å²) in [7, 11) is -7.46. The summed E-state index contributed by atoms with van der Waals surface area (Å²) >= 11 is 6.22. The van der Waals surface area contributed by atoms with Crippen LogP contribution in [0, 0.1) is 0 Å². The van der Waals surface area contributed by atoms with Crippen molar-refractivity contribution in [2.45, 2.75) is 23.0 Å². The second-order valence-corrected chi connectivity index (χ2v) is 11.9. The van der Waals surface area contributed by atoms with Crippen LogP contribution in [0.3, 0.4) is 0 Å². The Bertz CT molecular complexity index is 1150. The van der Waals surface area contributed by atoms with Gasteiger partial charge in [0, 0.05) is 30.6 Å². The van der Waals surface area contributed by atoms with Crippen LogP contribution in [-0.2, 0) is 19.9 Å². The van der Waals surface area contributed by atoms with Crippen molar-refractivity contribution < 1.29 is 26.3 Å². The lowest BCUT2D eigenvalue weighted by Crippen LogP contribution is -2.33. The van der Waals surface area contributed by atoms with Crippen LogP contribution >= 0.6 is 11.6 Å². The number of fused-ring (bicyclic) bond motifs is 1.